The molecular formula is C23H20FeO-6. The van der Waals surface area contributed by atoms with Crippen LogP contribution in [0.1, 0.15) is 5.56 Å². The maximum absolute atomic E-state index is 5.92. The standard InChI is InChI=1S/C18H15O.C5H5.Fe/c1-3-8-15(9-4-1)14-19-18-13-7-12-17(18)16-10-5-2-6-11-16;1-2-4-5-3-1;/h1-13H,14H2;1-5H;/q-1;-5;. The van der Waals surface area contributed by atoms with Gasteiger partial charge < -0.3 is 35.1 Å². The molecular weight excluding hydrogens is 348 g/mol. The van der Waals surface area contributed by atoms with Gasteiger partial charge in [-0.3, -0.25) is 0 Å². The molecule has 0 spiro atoms. The SMILES string of the molecule is [Fe].[cH-]1[cH-][cH-][cH-][cH-]1.c1ccc(CO[c-]2cccc2-c2ccccc2)cc1. The predicted octanol–water partition coefficient (Wildman–Crippen LogP) is 6.05. The first-order valence-corrected chi connectivity index (χ1v) is 8.08. The second kappa shape index (κ2) is 10.4. The fourth-order valence-electron chi connectivity index (χ4n) is 2.44. The molecule has 0 atom stereocenters. The summed E-state index contributed by atoms with van der Waals surface area (Å²) in [6.45, 7) is 0.602. The van der Waals surface area contributed by atoms with Gasteiger partial charge in [0.2, 0.25) is 0 Å². The second-order valence-corrected chi connectivity index (χ2v) is 5.41. The van der Waals surface area contributed by atoms with Crippen molar-refractivity contribution in [2.45, 2.75) is 6.61 Å². The number of ether oxygens (including phenoxy) is 1. The number of hydrogen-bond donors (Lipinski definition) is 0. The molecule has 0 aliphatic carbocycles. The predicted molar refractivity (Wildman–Crippen MR) is 100 cm³/mol. The van der Waals surface area contributed by atoms with Crippen molar-refractivity contribution in [2.75, 3.05) is 0 Å². The molecule has 1 nitrogen and oxygen atoms in total. The van der Waals surface area contributed by atoms with E-state index < -0.39 is 0 Å². The summed E-state index contributed by atoms with van der Waals surface area (Å²) < 4.78 is 5.92. The van der Waals surface area contributed by atoms with Crippen molar-refractivity contribution in [3.05, 3.63) is 115 Å². The molecule has 4 aromatic carbocycles. The minimum Gasteiger partial charge on any atom is -0.748 e. The van der Waals surface area contributed by atoms with Crippen LogP contribution in [0.4, 0.5) is 0 Å². The molecule has 0 saturated heterocycles. The van der Waals surface area contributed by atoms with Crippen LogP contribution in [-0.2, 0) is 23.7 Å². The summed E-state index contributed by atoms with van der Waals surface area (Å²) in [6, 6.07) is 36.7. The van der Waals surface area contributed by atoms with E-state index in [-0.39, 0.29) is 17.1 Å². The fraction of sp³-hybridized carbons (Fsp3) is 0.0435. The third-order valence-electron chi connectivity index (χ3n) is 3.65. The molecule has 0 N–H and O–H groups in total. The zero-order valence-electron chi connectivity index (χ0n) is 13.9. The van der Waals surface area contributed by atoms with E-state index in [0.717, 1.165) is 11.3 Å². The first kappa shape index (κ1) is 18.8. The Hall–Kier alpha value is -2.54. The van der Waals surface area contributed by atoms with Gasteiger partial charge in [0, 0.05) is 22.8 Å². The molecule has 0 amide bonds. The molecule has 0 aliphatic rings. The fourth-order valence-corrected chi connectivity index (χ4v) is 2.44. The number of rotatable bonds is 4. The minimum absolute atomic E-state index is 0. The summed E-state index contributed by atoms with van der Waals surface area (Å²) in [6.07, 6.45) is 0. The smallest absolute Gasteiger partial charge is 0.101 e. The van der Waals surface area contributed by atoms with Crippen molar-refractivity contribution in [1.29, 1.82) is 0 Å². The van der Waals surface area contributed by atoms with Gasteiger partial charge in [-0.25, -0.2) is 0 Å². The van der Waals surface area contributed by atoms with E-state index in [2.05, 4.69) is 30.3 Å². The monoisotopic (exact) mass is 368 g/mol. The molecule has 2 heteroatoms. The van der Waals surface area contributed by atoms with Crippen molar-refractivity contribution >= 4 is 0 Å². The number of hydrogen-bond acceptors (Lipinski definition) is 1. The maximum atomic E-state index is 5.92. The Labute approximate surface area is 160 Å². The summed E-state index contributed by atoms with van der Waals surface area (Å²) in [4.78, 5) is 0. The first-order valence-electron chi connectivity index (χ1n) is 8.08. The Bertz CT molecular complexity index is 784. The summed E-state index contributed by atoms with van der Waals surface area (Å²) in [5.41, 5.74) is 3.52. The molecule has 132 valence electrons. The van der Waals surface area contributed by atoms with Crippen LogP contribution in [0.5, 0.6) is 5.75 Å². The van der Waals surface area contributed by atoms with Gasteiger partial charge in [-0.1, -0.05) is 66.2 Å². The van der Waals surface area contributed by atoms with Crippen LogP contribution in [0.25, 0.3) is 11.1 Å². The van der Waals surface area contributed by atoms with Crippen LogP contribution in [-0.4, -0.2) is 0 Å². The van der Waals surface area contributed by atoms with Crippen molar-refractivity contribution in [3.8, 4) is 16.9 Å². The normalized spacial score (nSPS) is 9.44. The second-order valence-electron chi connectivity index (χ2n) is 5.41. The van der Waals surface area contributed by atoms with E-state index in [1.54, 1.807) is 0 Å². The zero-order valence-corrected chi connectivity index (χ0v) is 15.0. The largest absolute Gasteiger partial charge is 0.748 e. The Morgan fingerprint density at radius 1 is 0.680 bits per heavy atom. The molecule has 0 unspecified atom stereocenters. The average Bonchev–Trinajstić information content (AvgIpc) is 3.36. The number of benzene rings is 2. The molecule has 0 bridgehead atoms. The Balaban J connectivity index is 0.000000325. The molecule has 0 radical (unpaired) electrons. The van der Waals surface area contributed by atoms with E-state index in [0.29, 0.717) is 6.61 Å². The van der Waals surface area contributed by atoms with E-state index in [1.807, 2.05) is 78.9 Å². The molecule has 4 aromatic rings. The quantitative estimate of drug-likeness (QED) is 0.315. The summed E-state index contributed by atoms with van der Waals surface area (Å²) >= 11 is 0. The average molecular weight is 368 g/mol. The Kier molecular flexibility index (Phi) is 7.78. The Morgan fingerprint density at radius 2 is 1.24 bits per heavy atom. The van der Waals surface area contributed by atoms with E-state index >= 15 is 0 Å². The van der Waals surface area contributed by atoms with E-state index in [1.165, 1.54) is 11.1 Å². The topological polar surface area (TPSA) is 9.23 Å². The van der Waals surface area contributed by atoms with Crippen LogP contribution in [0, 0.1) is 0 Å². The first-order chi connectivity index (χ1) is 11.9. The van der Waals surface area contributed by atoms with Crippen molar-refractivity contribution < 1.29 is 21.8 Å². The van der Waals surface area contributed by atoms with Crippen LogP contribution in [0.2, 0.25) is 0 Å². The molecule has 0 aromatic heterocycles. The molecule has 4 rings (SSSR count). The third-order valence-corrected chi connectivity index (χ3v) is 3.65. The molecule has 25 heavy (non-hydrogen) atoms. The molecule has 0 heterocycles. The van der Waals surface area contributed by atoms with Gasteiger partial charge in [0.1, 0.15) is 6.61 Å². The summed E-state index contributed by atoms with van der Waals surface area (Å²) in [5, 5.41) is 0. The van der Waals surface area contributed by atoms with Crippen LogP contribution in [0.15, 0.2) is 109 Å². The van der Waals surface area contributed by atoms with E-state index in [9.17, 15) is 0 Å². The third kappa shape index (κ3) is 5.79. The van der Waals surface area contributed by atoms with Crippen molar-refractivity contribution in [3.63, 3.8) is 0 Å². The van der Waals surface area contributed by atoms with Gasteiger partial charge in [0.25, 0.3) is 0 Å². The minimum atomic E-state index is 0. The van der Waals surface area contributed by atoms with Crippen LogP contribution < -0.4 is 4.74 Å². The molecule has 0 fully saturated rings. The van der Waals surface area contributed by atoms with Gasteiger partial charge in [0.15, 0.2) is 0 Å². The van der Waals surface area contributed by atoms with Crippen molar-refractivity contribution in [2.24, 2.45) is 0 Å². The van der Waals surface area contributed by atoms with Crippen LogP contribution >= 0.6 is 0 Å². The van der Waals surface area contributed by atoms with Gasteiger partial charge in [-0.15, -0.1) is 11.6 Å². The van der Waals surface area contributed by atoms with Crippen molar-refractivity contribution in [1.82, 2.24) is 0 Å². The van der Waals surface area contributed by atoms with Gasteiger partial charge in [-0.2, -0.15) is 12.1 Å². The van der Waals surface area contributed by atoms with Gasteiger partial charge in [-0.05, 0) is 5.56 Å². The van der Waals surface area contributed by atoms with E-state index in [4.69, 9.17) is 4.74 Å². The van der Waals surface area contributed by atoms with Gasteiger partial charge >= 0.3 is 0 Å². The van der Waals surface area contributed by atoms with Crippen LogP contribution in [0.3, 0.4) is 0 Å². The maximum Gasteiger partial charge on any atom is 0.101 e. The summed E-state index contributed by atoms with van der Waals surface area (Å²) in [7, 11) is 0. The molecule has 0 saturated carbocycles. The molecule has 0 aliphatic heterocycles. The van der Waals surface area contributed by atoms with Gasteiger partial charge in [0.05, 0.1) is 0 Å². The Morgan fingerprint density at radius 3 is 1.84 bits per heavy atom. The summed E-state index contributed by atoms with van der Waals surface area (Å²) in [5.74, 6) is 0.940. The zero-order chi connectivity index (χ0) is 16.5.